The molecule has 0 saturated carbocycles. The fourth-order valence-corrected chi connectivity index (χ4v) is 2.82. The van der Waals surface area contributed by atoms with Crippen LogP contribution < -0.4 is 5.32 Å². The fraction of sp³-hybridized carbons (Fsp3) is 0.533. The van der Waals surface area contributed by atoms with Crippen LogP contribution >= 0.6 is 0 Å². The van der Waals surface area contributed by atoms with Gasteiger partial charge in [-0.15, -0.1) is 0 Å². The monoisotopic (exact) mass is 301 g/mol. The zero-order valence-electron chi connectivity index (χ0n) is 11.7. The van der Waals surface area contributed by atoms with E-state index in [9.17, 15) is 23.1 Å². The highest BCUT2D eigenvalue weighted by molar-refractivity contribution is 5.82. The molecule has 0 aromatic heterocycles. The maximum absolute atomic E-state index is 12.6. The predicted octanol–water partition coefficient (Wildman–Crippen LogP) is 3.19. The van der Waals surface area contributed by atoms with Crippen molar-refractivity contribution < 1.29 is 23.1 Å². The molecule has 3 nitrogen and oxygen atoms in total. The number of hydrogen-bond acceptors (Lipinski definition) is 2. The summed E-state index contributed by atoms with van der Waals surface area (Å²) in [6.45, 7) is 2.30. The van der Waals surface area contributed by atoms with Crippen molar-refractivity contribution in [1.29, 1.82) is 0 Å². The van der Waals surface area contributed by atoms with Gasteiger partial charge in [0.25, 0.3) is 0 Å². The number of piperidine rings is 1. The van der Waals surface area contributed by atoms with Crippen LogP contribution in [0.1, 0.15) is 37.3 Å². The maximum Gasteiger partial charge on any atom is 0.416 e. The van der Waals surface area contributed by atoms with Crippen molar-refractivity contribution in [2.45, 2.75) is 43.8 Å². The van der Waals surface area contributed by atoms with Gasteiger partial charge in [0.15, 0.2) is 0 Å². The molecule has 0 amide bonds. The lowest BCUT2D eigenvalue weighted by atomic mass is 9.73. The summed E-state index contributed by atoms with van der Waals surface area (Å²) in [4.78, 5) is 11.7. The second kappa shape index (κ2) is 5.67. The SMILES string of the molecule is C[C@@](C(=O)O)(c1ccc(C(F)(F)F)cc1)[C@H]1CCCCN1. The lowest BCUT2D eigenvalue weighted by Crippen LogP contribution is -2.53. The molecule has 6 heteroatoms. The number of alkyl halides is 3. The number of rotatable bonds is 3. The molecule has 2 rings (SSSR count). The summed E-state index contributed by atoms with van der Waals surface area (Å²) in [5, 5.41) is 12.8. The van der Waals surface area contributed by atoms with E-state index >= 15 is 0 Å². The highest BCUT2D eigenvalue weighted by atomic mass is 19.4. The zero-order valence-corrected chi connectivity index (χ0v) is 11.7. The van der Waals surface area contributed by atoms with Gasteiger partial charge in [0, 0.05) is 6.04 Å². The van der Waals surface area contributed by atoms with Crippen molar-refractivity contribution in [2.24, 2.45) is 0 Å². The average molecular weight is 301 g/mol. The third kappa shape index (κ3) is 3.05. The van der Waals surface area contributed by atoms with Gasteiger partial charge < -0.3 is 10.4 Å². The molecular weight excluding hydrogens is 283 g/mol. The van der Waals surface area contributed by atoms with Crippen LogP contribution in [0.5, 0.6) is 0 Å². The van der Waals surface area contributed by atoms with E-state index in [1.807, 2.05) is 0 Å². The van der Waals surface area contributed by atoms with Crippen LogP contribution in [0.3, 0.4) is 0 Å². The standard InChI is InChI=1S/C15H18F3NO2/c1-14(13(20)21,12-4-2-3-9-19-12)10-5-7-11(8-6-10)15(16,17)18/h5-8,12,19H,2-4,9H2,1H3,(H,20,21)/t12-,14-/m1/s1. The Morgan fingerprint density at radius 1 is 1.19 bits per heavy atom. The molecule has 1 aromatic carbocycles. The largest absolute Gasteiger partial charge is 0.481 e. The van der Waals surface area contributed by atoms with E-state index in [4.69, 9.17) is 0 Å². The molecule has 2 atom stereocenters. The Kier molecular flexibility index (Phi) is 4.27. The number of benzene rings is 1. The third-order valence-electron chi connectivity index (χ3n) is 4.26. The van der Waals surface area contributed by atoms with Crippen LogP contribution in [-0.4, -0.2) is 23.7 Å². The minimum absolute atomic E-state index is 0.277. The molecular formula is C15H18F3NO2. The Labute approximate surface area is 121 Å². The van der Waals surface area contributed by atoms with Crippen LogP contribution in [0.4, 0.5) is 13.2 Å². The van der Waals surface area contributed by atoms with Crippen molar-refractivity contribution in [3.8, 4) is 0 Å². The number of nitrogens with one attached hydrogen (secondary N) is 1. The van der Waals surface area contributed by atoms with E-state index in [0.29, 0.717) is 12.0 Å². The number of carboxylic acids is 1. The summed E-state index contributed by atoms with van der Waals surface area (Å²) in [6, 6.07) is 4.15. The first kappa shape index (κ1) is 15.8. The quantitative estimate of drug-likeness (QED) is 0.901. The van der Waals surface area contributed by atoms with Gasteiger partial charge in [-0.1, -0.05) is 18.6 Å². The van der Waals surface area contributed by atoms with Crippen molar-refractivity contribution >= 4 is 5.97 Å². The lowest BCUT2D eigenvalue weighted by Gasteiger charge is -2.37. The normalized spacial score (nSPS) is 22.6. The lowest BCUT2D eigenvalue weighted by molar-refractivity contribution is -0.144. The summed E-state index contributed by atoms with van der Waals surface area (Å²) in [5.74, 6) is -1.03. The summed E-state index contributed by atoms with van der Waals surface area (Å²) in [7, 11) is 0. The van der Waals surface area contributed by atoms with E-state index in [1.54, 1.807) is 6.92 Å². The Morgan fingerprint density at radius 3 is 2.19 bits per heavy atom. The van der Waals surface area contributed by atoms with E-state index < -0.39 is 23.1 Å². The number of hydrogen-bond donors (Lipinski definition) is 2. The second-order valence-electron chi connectivity index (χ2n) is 5.59. The molecule has 0 unspecified atom stereocenters. The van der Waals surface area contributed by atoms with Crippen LogP contribution in [0.15, 0.2) is 24.3 Å². The summed E-state index contributed by atoms with van der Waals surface area (Å²) in [5.41, 5.74) is -1.61. The Balaban J connectivity index is 2.36. The Morgan fingerprint density at radius 2 is 1.76 bits per heavy atom. The fourth-order valence-electron chi connectivity index (χ4n) is 2.82. The molecule has 116 valence electrons. The predicted molar refractivity (Wildman–Crippen MR) is 72.1 cm³/mol. The second-order valence-corrected chi connectivity index (χ2v) is 5.59. The minimum atomic E-state index is -4.42. The molecule has 0 bridgehead atoms. The first-order valence-electron chi connectivity index (χ1n) is 6.91. The van der Waals surface area contributed by atoms with Gasteiger partial charge in [-0.3, -0.25) is 4.79 Å². The molecule has 21 heavy (non-hydrogen) atoms. The summed E-state index contributed by atoms with van der Waals surface area (Å²) in [6.07, 6.45) is -1.81. The van der Waals surface area contributed by atoms with E-state index in [1.165, 1.54) is 12.1 Å². The topological polar surface area (TPSA) is 49.3 Å². The summed E-state index contributed by atoms with van der Waals surface area (Å²) >= 11 is 0. The number of carboxylic acid groups (broad SMARTS) is 1. The molecule has 0 aliphatic carbocycles. The zero-order chi connectivity index (χ0) is 15.7. The van der Waals surface area contributed by atoms with Gasteiger partial charge in [-0.05, 0) is 44.0 Å². The average Bonchev–Trinajstić information content (AvgIpc) is 2.46. The van der Waals surface area contributed by atoms with Crippen LogP contribution in [0, 0.1) is 0 Å². The maximum atomic E-state index is 12.6. The van der Waals surface area contributed by atoms with Crippen molar-refractivity contribution in [1.82, 2.24) is 5.32 Å². The number of aliphatic carboxylic acids is 1. The molecule has 1 fully saturated rings. The van der Waals surface area contributed by atoms with Crippen molar-refractivity contribution in [3.05, 3.63) is 35.4 Å². The van der Waals surface area contributed by atoms with Crippen LogP contribution in [0.2, 0.25) is 0 Å². The van der Waals surface area contributed by atoms with Gasteiger partial charge in [0.2, 0.25) is 0 Å². The minimum Gasteiger partial charge on any atom is -0.481 e. The van der Waals surface area contributed by atoms with Gasteiger partial charge >= 0.3 is 12.1 Å². The molecule has 0 radical (unpaired) electrons. The van der Waals surface area contributed by atoms with Gasteiger partial charge in [-0.25, -0.2) is 0 Å². The van der Waals surface area contributed by atoms with Gasteiger partial charge in [-0.2, -0.15) is 13.2 Å². The highest BCUT2D eigenvalue weighted by Gasteiger charge is 2.43. The number of halogens is 3. The molecule has 1 saturated heterocycles. The Bertz CT molecular complexity index is 507. The van der Waals surface area contributed by atoms with E-state index in [0.717, 1.165) is 31.5 Å². The van der Waals surface area contributed by atoms with Crippen molar-refractivity contribution in [3.63, 3.8) is 0 Å². The smallest absolute Gasteiger partial charge is 0.416 e. The highest BCUT2D eigenvalue weighted by Crippen LogP contribution is 2.35. The molecule has 1 aromatic rings. The molecule has 1 heterocycles. The first-order chi connectivity index (χ1) is 9.76. The molecule has 0 spiro atoms. The third-order valence-corrected chi connectivity index (χ3v) is 4.26. The van der Waals surface area contributed by atoms with Gasteiger partial charge in [0.1, 0.15) is 5.41 Å². The molecule has 2 N–H and O–H groups in total. The first-order valence-corrected chi connectivity index (χ1v) is 6.91. The van der Waals surface area contributed by atoms with E-state index in [-0.39, 0.29) is 6.04 Å². The van der Waals surface area contributed by atoms with Crippen LogP contribution in [-0.2, 0) is 16.4 Å². The number of carbonyl (C=O) groups is 1. The van der Waals surface area contributed by atoms with Crippen LogP contribution in [0.25, 0.3) is 0 Å². The summed E-state index contributed by atoms with van der Waals surface area (Å²) < 4.78 is 37.8. The van der Waals surface area contributed by atoms with E-state index in [2.05, 4.69) is 5.32 Å². The molecule has 1 aliphatic heterocycles. The molecule has 1 aliphatic rings. The van der Waals surface area contributed by atoms with Crippen molar-refractivity contribution in [2.75, 3.05) is 6.54 Å². The van der Waals surface area contributed by atoms with Gasteiger partial charge in [0.05, 0.1) is 5.56 Å². The Hall–Kier alpha value is -1.56.